The number of anilines is 1. The Morgan fingerprint density at radius 2 is 1.81 bits per heavy atom. The first-order valence-electron chi connectivity index (χ1n) is 6.44. The van der Waals surface area contributed by atoms with Gasteiger partial charge < -0.3 is 15.4 Å². The van der Waals surface area contributed by atoms with E-state index in [1.54, 1.807) is 44.1 Å². The molecule has 0 aliphatic rings. The number of amides is 1. The van der Waals surface area contributed by atoms with Crippen LogP contribution in [0.5, 0.6) is 11.5 Å². The fourth-order valence-corrected chi connectivity index (χ4v) is 2.22. The highest BCUT2D eigenvalue weighted by Gasteiger charge is 2.15. The van der Waals surface area contributed by atoms with Gasteiger partial charge in [-0.15, -0.1) is 11.8 Å². The summed E-state index contributed by atoms with van der Waals surface area (Å²) in [7, 11) is 3.41. The van der Waals surface area contributed by atoms with Crippen molar-refractivity contribution in [3.05, 3.63) is 48.0 Å². The molecule has 2 aromatic carbocycles. The molecular weight excluding hydrogens is 284 g/mol. The number of rotatable bonds is 4. The zero-order valence-electron chi connectivity index (χ0n) is 12.3. The number of hydrogen-bond donors (Lipinski definition) is 1. The van der Waals surface area contributed by atoms with Crippen molar-refractivity contribution in [2.75, 3.05) is 26.1 Å². The Kier molecular flexibility index (Phi) is 4.75. The molecule has 0 aliphatic carbocycles. The molecule has 0 aromatic heterocycles. The van der Waals surface area contributed by atoms with Gasteiger partial charge in [-0.1, -0.05) is 0 Å². The zero-order valence-corrected chi connectivity index (χ0v) is 13.1. The summed E-state index contributed by atoms with van der Waals surface area (Å²) in [5.41, 5.74) is 6.84. The van der Waals surface area contributed by atoms with Crippen molar-refractivity contribution in [2.24, 2.45) is 0 Å². The van der Waals surface area contributed by atoms with Gasteiger partial charge in [0.1, 0.15) is 11.5 Å². The van der Waals surface area contributed by atoms with E-state index in [4.69, 9.17) is 10.5 Å². The number of benzene rings is 2. The van der Waals surface area contributed by atoms with Gasteiger partial charge in [0.15, 0.2) is 0 Å². The van der Waals surface area contributed by atoms with Crippen LogP contribution in [0.15, 0.2) is 47.4 Å². The van der Waals surface area contributed by atoms with Gasteiger partial charge in [-0.3, -0.25) is 4.79 Å². The van der Waals surface area contributed by atoms with E-state index < -0.39 is 0 Å². The van der Waals surface area contributed by atoms with Crippen LogP contribution in [0.25, 0.3) is 0 Å². The molecule has 0 saturated heterocycles. The van der Waals surface area contributed by atoms with Crippen LogP contribution < -0.4 is 10.5 Å². The first-order valence-corrected chi connectivity index (χ1v) is 7.67. The average Bonchev–Trinajstić information content (AvgIpc) is 2.47. The number of nitrogens with two attached hydrogens (primary N) is 1. The van der Waals surface area contributed by atoms with Crippen LogP contribution in [0, 0.1) is 0 Å². The smallest absolute Gasteiger partial charge is 0.257 e. The summed E-state index contributed by atoms with van der Waals surface area (Å²) >= 11 is 1.66. The molecule has 110 valence electrons. The molecule has 2 aromatic rings. The molecule has 0 saturated carbocycles. The molecule has 0 fully saturated rings. The van der Waals surface area contributed by atoms with Crippen LogP contribution in [0.1, 0.15) is 10.4 Å². The maximum absolute atomic E-state index is 12.2. The summed E-state index contributed by atoms with van der Waals surface area (Å²) < 4.78 is 5.82. The number of carbonyl (C=O) groups is 1. The quantitative estimate of drug-likeness (QED) is 0.694. The van der Waals surface area contributed by atoms with Gasteiger partial charge in [0, 0.05) is 30.7 Å². The molecule has 0 atom stereocenters. The maximum atomic E-state index is 12.2. The first-order chi connectivity index (χ1) is 10.0. The lowest BCUT2D eigenvalue weighted by atomic mass is 10.1. The molecule has 0 heterocycles. The van der Waals surface area contributed by atoms with Crippen LogP contribution in [0.3, 0.4) is 0 Å². The van der Waals surface area contributed by atoms with E-state index in [1.807, 2.05) is 30.5 Å². The minimum atomic E-state index is -0.120. The van der Waals surface area contributed by atoms with E-state index in [9.17, 15) is 4.79 Å². The second-order valence-electron chi connectivity index (χ2n) is 4.73. The highest BCUT2D eigenvalue weighted by atomic mass is 32.2. The lowest BCUT2D eigenvalue weighted by Crippen LogP contribution is -2.22. The Hall–Kier alpha value is -2.14. The van der Waals surface area contributed by atoms with E-state index in [0.717, 1.165) is 4.90 Å². The summed E-state index contributed by atoms with van der Waals surface area (Å²) in [5, 5.41) is 0. The fraction of sp³-hybridized carbons (Fsp3) is 0.188. The Morgan fingerprint density at radius 3 is 2.38 bits per heavy atom. The SMILES string of the molecule is CSc1ccc(Oc2cc(N)ccc2C(=O)N(C)C)cc1. The molecule has 0 aliphatic heterocycles. The second-order valence-corrected chi connectivity index (χ2v) is 5.61. The van der Waals surface area contributed by atoms with Crippen LogP contribution in [-0.4, -0.2) is 31.2 Å². The van der Waals surface area contributed by atoms with E-state index in [0.29, 0.717) is 22.7 Å². The molecule has 0 bridgehead atoms. The number of hydrogen-bond acceptors (Lipinski definition) is 4. The van der Waals surface area contributed by atoms with Gasteiger partial charge in [0.05, 0.1) is 5.56 Å². The third kappa shape index (κ3) is 3.70. The summed E-state index contributed by atoms with van der Waals surface area (Å²) in [6.07, 6.45) is 2.02. The molecule has 2 N–H and O–H groups in total. The van der Waals surface area contributed by atoms with Crippen LogP contribution in [0.4, 0.5) is 5.69 Å². The van der Waals surface area contributed by atoms with E-state index >= 15 is 0 Å². The topological polar surface area (TPSA) is 55.6 Å². The fourth-order valence-electron chi connectivity index (χ4n) is 1.81. The number of carbonyl (C=O) groups excluding carboxylic acids is 1. The van der Waals surface area contributed by atoms with Crippen LogP contribution >= 0.6 is 11.8 Å². The van der Waals surface area contributed by atoms with Gasteiger partial charge in [-0.05, 0) is 42.7 Å². The van der Waals surface area contributed by atoms with Gasteiger partial charge >= 0.3 is 0 Å². The number of ether oxygens (including phenoxy) is 1. The lowest BCUT2D eigenvalue weighted by Gasteiger charge is -2.15. The Labute approximate surface area is 128 Å². The van der Waals surface area contributed by atoms with Crippen molar-refractivity contribution >= 4 is 23.4 Å². The van der Waals surface area contributed by atoms with Gasteiger partial charge in [0.2, 0.25) is 0 Å². The summed E-state index contributed by atoms with van der Waals surface area (Å²) in [6.45, 7) is 0. The predicted octanol–water partition coefficient (Wildman–Crippen LogP) is 3.48. The summed E-state index contributed by atoms with van der Waals surface area (Å²) in [6, 6.07) is 12.7. The summed E-state index contributed by atoms with van der Waals surface area (Å²) in [5.74, 6) is 1.02. The van der Waals surface area contributed by atoms with Crippen molar-refractivity contribution in [3.63, 3.8) is 0 Å². The molecule has 0 spiro atoms. The Morgan fingerprint density at radius 1 is 1.14 bits per heavy atom. The zero-order chi connectivity index (χ0) is 15.4. The van der Waals surface area contributed by atoms with Gasteiger partial charge in [-0.25, -0.2) is 0 Å². The predicted molar refractivity (Wildman–Crippen MR) is 87.2 cm³/mol. The molecule has 1 amide bonds. The number of nitrogens with zero attached hydrogens (tertiary/aromatic N) is 1. The molecule has 4 nitrogen and oxygen atoms in total. The van der Waals surface area contributed by atoms with Gasteiger partial charge in [-0.2, -0.15) is 0 Å². The summed E-state index contributed by atoms with van der Waals surface area (Å²) in [4.78, 5) is 14.8. The molecular formula is C16H18N2O2S. The van der Waals surface area contributed by atoms with Crippen molar-refractivity contribution in [1.82, 2.24) is 4.90 Å². The Balaban J connectivity index is 2.33. The lowest BCUT2D eigenvalue weighted by molar-refractivity contribution is 0.0825. The Bertz CT molecular complexity index is 639. The highest BCUT2D eigenvalue weighted by molar-refractivity contribution is 7.98. The van der Waals surface area contributed by atoms with Crippen molar-refractivity contribution in [1.29, 1.82) is 0 Å². The molecule has 21 heavy (non-hydrogen) atoms. The second kappa shape index (κ2) is 6.54. The number of nitrogen functional groups attached to an aromatic ring is 1. The van der Waals surface area contributed by atoms with Crippen molar-refractivity contribution in [3.8, 4) is 11.5 Å². The average molecular weight is 302 g/mol. The van der Waals surface area contributed by atoms with E-state index in [1.165, 1.54) is 4.90 Å². The highest BCUT2D eigenvalue weighted by Crippen LogP contribution is 2.29. The van der Waals surface area contributed by atoms with E-state index in [-0.39, 0.29) is 5.91 Å². The third-order valence-corrected chi connectivity index (χ3v) is 3.67. The largest absolute Gasteiger partial charge is 0.456 e. The molecule has 5 heteroatoms. The van der Waals surface area contributed by atoms with E-state index in [2.05, 4.69) is 0 Å². The molecule has 0 unspecified atom stereocenters. The standard InChI is InChI=1S/C16H18N2O2S/c1-18(2)16(19)14-9-4-11(17)10-15(14)20-12-5-7-13(21-3)8-6-12/h4-10H,17H2,1-3H3. The first kappa shape index (κ1) is 15.3. The monoisotopic (exact) mass is 302 g/mol. The van der Waals surface area contributed by atoms with Crippen molar-refractivity contribution < 1.29 is 9.53 Å². The maximum Gasteiger partial charge on any atom is 0.257 e. The molecule has 0 radical (unpaired) electrons. The van der Waals surface area contributed by atoms with Gasteiger partial charge in [0.25, 0.3) is 5.91 Å². The van der Waals surface area contributed by atoms with Crippen LogP contribution in [-0.2, 0) is 0 Å². The van der Waals surface area contributed by atoms with Crippen LogP contribution in [0.2, 0.25) is 0 Å². The minimum absolute atomic E-state index is 0.120. The minimum Gasteiger partial charge on any atom is -0.456 e. The molecule has 2 rings (SSSR count). The number of thioether (sulfide) groups is 1. The third-order valence-electron chi connectivity index (χ3n) is 2.93. The van der Waals surface area contributed by atoms with Crippen molar-refractivity contribution in [2.45, 2.75) is 4.90 Å². The normalized spacial score (nSPS) is 10.2.